The zero-order valence-corrected chi connectivity index (χ0v) is 37.5. The molecule has 2 atom stereocenters. The molecular weight excluding hydrogens is 785 g/mol. The van der Waals surface area contributed by atoms with Gasteiger partial charge in [0.15, 0.2) is 0 Å². The molecule has 4 aromatic carbocycles. The van der Waals surface area contributed by atoms with Crippen molar-refractivity contribution in [2.45, 2.75) is 134 Å². The van der Waals surface area contributed by atoms with Gasteiger partial charge in [0, 0.05) is 19.3 Å². The first-order chi connectivity index (χ1) is 27.9. The van der Waals surface area contributed by atoms with Crippen LogP contribution in [0.1, 0.15) is 169 Å². The molecule has 0 saturated heterocycles. The van der Waals surface area contributed by atoms with E-state index < -0.39 is 20.2 Å². The average molecular weight is 843 g/mol. The molecule has 0 amide bonds. The van der Waals surface area contributed by atoms with E-state index in [1.165, 1.54) is 0 Å². The number of nitrogens with zero attached hydrogens (tertiary/aromatic N) is 2. The summed E-state index contributed by atoms with van der Waals surface area (Å²) in [7, 11) is -8.25. The molecule has 59 heavy (non-hydrogen) atoms. The highest BCUT2D eigenvalue weighted by Crippen LogP contribution is 2.41. The van der Waals surface area contributed by atoms with Gasteiger partial charge in [-0.3, -0.25) is 8.57 Å². The summed E-state index contributed by atoms with van der Waals surface area (Å²) in [5, 5.41) is 8.33. The summed E-state index contributed by atoms with van der Waals surface area (Å²) >= 11 is 0. The van der Waals surface area contributed by atoms with Crippen LogP contribution in [0.15, 0.2) is 92.9 Å². The van der Waals surface area contributed by atoms with Gasteiger partial charge in [-0.25, -0.2) is 0 Å². The third-order valence-corrected chi connectivity index (χ3v) is 13.7. The Morgan fingerprint density at radius 2 is 0.915 bits per heavy atom. The van der Waals surface area contributed by atoms with E-state index in [2.05, 4.69) is 38.0 Å². The maximum Gasteiger partial charge on any atom is 0.359 e. The fourth-order valence-electron chi connectivity index (χ4n) is 7.64. The smallest absolute Gasteiger partial charge is 0.359 e. The molecule has 0 N–H and O–H groups in total. The summed E-state index contributed by atoms with van der Waals surface area (Å²) in [4.78, 5) is 0.488. The predicted octanol–water partition coefficient (Wildman–Crippen LogP) is 11.3. The number of hydrogen-bond acceptors (Lipinski definition) is 10. The fourth-order valence-corrected chi connectivity index (χ4v) is 10.4. The van der Waals surface area contributed by atoms with Gasteiger partial charge in [-0.2, -0.15) is 16.8 Å². The molecule has 0 spiro atoms. The van der Waals surface area contributed by atoms with E-state index in [1.807, 2.05) is 114 Å². The van der Waals surface area contributed by atoms with E-state index >= 15 is 0 Å². The van der Waals surface area contributed by atoms with Crippen molar-refractivity contribution in [3.63, 3.8) is 0 Å². The lowest BCUT2D eigenvalue weighted by Crippen LogP contribution is -2.19. The Labute approximate surface area is 351 Å². The maximum atomic E-state index is 13.5. The van der Waals surface area contributed by atoms with Gasteiger partial charge < -0.3 is 9.47 Å². The Morgan fingerprint density at radius 1 is 0.559 bits per heavy atom. The highest BCUT2D eigenvalue weighted by Gasteiger charge is 2.34. The van der Waals surface area contributed by atoms with Crippen LogP contribution >= 0.6 is 0 Å². The number of ether oxygens (including phenoxy) is 2. The Bertz CT molecular complexity index is 2260. The first-order valence-electron chi connectivity index (χ1n) is 20.7. The summed E-state index contributed by atoms with van der Waals surface area (Å²) in [6, 6.07) is 22.9. The molecule has 0 aliphatic carbocycles. The first kappa shape index (κ1) is 43.9. The number of fused-ring (bicyclic) bond motifs is 2. The zero-order valence-electron chi connectivity index (χ0n) is 35.9. The molecule has 316 valence electrons. The minimum Gasteiger partial charge on any atom is -0.493 e. The molecule has 10 nitrogen and oxygen atoms in total. The first-order valence-corrected chi connectivity index (χ1v) is 23.5. The third-order valence-electron chi connectivity index (χ3n) is 11.2. The second kappa shape index (κ2) is 17.9. The molecule has 2 aliphatic rings. The van der Waals surface area contributed by atoms with Crippen molar-refractivity contribution >= 4 is 31.7 Å². The van der Waals surface area contributed by atoms with Gasteiger partial charge in [0.05, 0.1) is 24.6 Å². The largest absolute Gasteiger partial charge is 0.493 e. The van der Waals surface area contributed by atoms with Crippen LogP contribution in [-0.4, -0.2) is 41.5 Å². The van der Waals surface area contributed by atoms with Crippen LogP contribution in [0, 0.1) is 0 Å². The van der Waals surface area contributed by atoms with Crippen LogP contribution in [-0.2, 0) is 28.8 Å². The van der Waals surface area contributed by atoms with Crippen LogP contribution in [0.2, 0.25) is 0 Å². The summed E-state index contributed by atoms with van der Waals surface area (Å²) in [6.45, 7) is 21.4. The van der Waals surface area contributed by atoms with Crippen molar-refractivity contribution in [2.24, 2.45) is 10.3 Å². The molecule has 12 heteroatoms. The molecule has 0 bridgehead atoms. The lowest BCUT2D eigenvalue weighted by molar-refractivity contribution is 0.247. The molecule has 0 radical (unpaired) electrons. The van der Waals surface area contributed by atoms with Crippen molar-refractivity contribution in [3.8, 4) is 11.5 Å². The van der Waals surface area contributed by atoms with E-state index in [1.54, 1.807) is 0 Å². The number of rotatable bonds is 12. The second-order valence-electron chi connectivity index (χ2n) is 17.1. The predicted molar refractivity (Wildman–Crippen MR) is 233 cm³/mol. The molecule has 2 unspecified atom stereocenters. The van der Waals surface area contributed by atoms with Crippen molar-refractivity contribution in [3.05, 3.63) is 117 Å². The van der Waals surface area contributed by atoms with Crippen LogP contribution in [0.4, 0.5) is 0 Å². The van der Waals surface area contributed by atoms with E-state index in [9.17, 15) is 16.8 Å². The third kappa shape index (κ3) is 9.86. The van der Waals surface area contributed by atoms with Gasteiger partial charge in [-0.15, -0.1) is 0 Å². The van der Waals surface area contributed by atoms with Gasteiger partial charge in [0.2, 0.25) is 0 Å². The number of oxime groups is 2. The lowest BCUT2D eigenvalue weighted by Gasteiger charge is -2.25. The standard InChI is InChI=1S/C47H58N2O8S2/c1-28(2)36-24-40(30(5)6)46-42(26-36)32(9)22-44(48-56-58(46,50)51)34-12-16-38(17-13-34)54-20-11-21-55-39-18-14-35(15-19-39)45-23-33(10)43-27-37(29(3)4)25-41(31(7)8)47(43)59(52,53)57-49-45/h12-19,24-33H,11,20-23H2,1-10H3/b48-44-,49-45?. The molecule has 4 aromatic rings. The monoisotopic (exact) mass is 842 g/mol. The lowest BCUT2D eigenvalue weighted by atomic mass is 9.86. The molecule has 0 saturated carbocycles. The Kier molecular flexibility index (Phi) is 13.3. The van der Waals surface area contributed by atoms with Gasteiger partial charge in [-0.05, 0) is 129 Å². The topological polar surface area (TPSA) is 130 Å². The van der Waals surface area contributed by atoms with Crippen molar-refractivity contribution in [2.75, 3.05) is 13.2 Å². The highest BCUT2D eigenvalue weighted by atomic mass is 32.2. The summed E-state index contributed by atoms with van der Waals surface area (Å²) < 4.78 is 76.7. The SMILES string of the molecule is CC(C)c1cc(C(C)C)c2c(c1)C(C)CC(c1ccc(OCCCOc3ccc(/C4=N\OS(=O)(=O)c5c(C(C)C)cc(C(C)C)cc5C(C)C4)cc3)cc1)=NOS2(=O)=O. The van der Waals surface area contributed by atoms with Gasteiger partial charge in [0.25, 0.3) is 0 Å². The van der Waals surface area contributed by atoms with Gasteiger partial charge >= 0.3 is 20.2 Å². The second-order valence-corrected chi connectivity index (χ2v) is 20.0. The van der Waals surface area contributed by atoms with Gasteiger partial charge in [-0.1, -0.05) is 104 Å². The Balaban J connectivity index is 1.04. The van der Waals surface area contributed by atoms with Crippen LogP contribution < -0.4 is 9.47 Å². The summed E-state index contributed by atoms with van der Waals surface area (Å²) in [5.41, 5.74) is 7.89. The van der Waals surface area contributed by atoms with Crippen molar-refractivity contribution in [1.29, 1.82) is 0 Å². The molecule has 6 rings (SSSR count). The highest BCUT2D eigenvalue weighted by molar-refractivity contribution is 7.87. The maximum absolute atomic E-state index is 13.5. The summed E-state index contributed by atoms with van der Waals surface area (Å²) in [5.74, 6) is 1.63. The molecule has 0 fully saturated rings. The Morgan fingerprint density at radius 3 is 1.24 bits per heavy atom. The van der Waals surface area contributed by atoms with Crippen molar-refractivity contribution < 1.29 is 34.9 Å². The van der Waals surface area contributed by atoms with Gasteiger partial charge in [0.1, 0.15) is 21.3 Å². The van der Waals surface area contributed by atoms with E-state index in [-0.39, 0.29) is 45.3 Å². The minimum atomic E-state index is -4.13. The molecular formula is C47H58N2O8S2. The van der Waals surface area contributed by atoms with E-state index in [4.69, 9.17) is 18.0 Å². The number of benzene rings is 4. The minimum absolute atomic E-state index is 0.00165. The van der Waals surface area contributed by atoms with E-state index in [0.717, 1.165) is 44.5 Å². The normalized spacial score (nSPS) is 19.6. The van der Waals surface area contributed by atoms with Crippen LogP contribution in [0.25, 0.3) is 0 Å². The van der Waals surface area contributed by atoms with Crippen LogP contribution in [0.3, 0.4) is 0 Å². The average Bonchev–Trinajstić information content (AvgIpc) is 3.19. The summed E-state index contributed by atoms with van der Waals surface area (Å²) in [6.07, 6.45) is 1.65. The molecule has 2 aliphatic heterocycles. The number of hydrogen-bond donors (Lipinski definition) is 0. The molecule has 2 heterocycles. The zero-order chi connectivity index (χ0) is 42.8. The van der Waals surface area contributed by atoms with E-state index in [0.29, 0.717) is 55.4 Å². The van der Waals surface area contributed by atoms with Crippen LogP contribution in [0.5, 0.6) is 11.5 Å². The Hall–Kier alpha value is -4.68. The fraction of sp³-hybridized carbons (Fsp3) is 0.447. The quantitative estimate of drug-likeness (QED) is 0.129. The molecule has 0 aromatic heterocycles. The van der Waals surface area contributed by atoms with Crippen molar-refractivity contribution in [1.82, 2.24) is 0 Å².